The fourth-order valence-electron chi connectivity index (χ4n) is 4.60. The molecule has 7 nitrogen and oxygen atoms in total. The molecule has 1 aliphatic rings. The van der Waals surface area contributed by atoms with Gasteiger partial charge in [-0.05, 0) is 65.6 Å². The largest absolute Gasteiger partial charge is 0.376 e. The summed E-state index contributed by atoms with van der Waals surface area (Å²) < 4.78 is 13.3. The molecule has 0 radical (unpaired) electrons. The Bertz CT molecular complexity index is 1250. The average molecular weight is 591 g/mol. The van der Waals surface area contributed by atoms with Crippen molar-refractivity contribution in [3.8, 4) is 11.1 Å². The molecule has 0 aliphatic carbocycles. The van der Waals surface area contributed by atoms with Crippen LogP contribution < -0.4 is 10.6 Å². The minimum atomic E-state index is -0.267. The van der Waals surface area contributed by atoms with Crippen LogP contribution in [0.15, 0.2) is 66.7 Å². The van der Waals surface area contributed by atoms with E-state index in [0.29, 0.717) is 26.2 Å². The van der Waals surface area contributed by atoms with Gasteiger partial charge in [-0.1, -0.05) is 49.4 Å². The number of benzene rings is 3. The monoisotopic (exact) mass is 589 g/mol. The van der Waals surface area contributed by atoms with E-state index in [4.69, 9.17) is 0 Å². The van der Waals surface area contributed by atoms with Gasteiger partial charge in [-0.25, -0.2) is 9.40 Å². The predicted octanol–water partition coefficient (Wildman–Crippen LogP) is 4.88. The summed E-state index contributed by atoms with van der Waals surface area (Å²) in [6, 6.07) is 20.5. The molecule has 0 bridgehead atoms. The van der Waals surface area contributed by atoms with Crippen molar-refractivity contribution in [1.29, 1.82) is 0 Å². The van der Waals surface area contributed by atoms with Gasteiger partial charge in [0.15, 0.2) is 0 Å². The maximum absolute atomic E-state index is 13.3. The second kappa shape index (κ2) is 15.6. The van der Waals surface area contributed by atoms with Crippen LogP contribution in [0, 0.1) is 12.7 Å². The number of nitrogens with zero attached hydrogens (tertiary/aromatic N) is 3. The molecule has 0 fully saturated rings. The second-order valence-corrected chi connectivity index (χ2v) is 9.57. The third-order valence-corrected chi connectivity index (χ3v) is 6.93. The summed E-state index contributed by atoms with van der Waals surface area (Å²) in [5.41, 5.74) is 6.16. The molecule has 0 saturated carbocycles. The van der Waals surface area contributed by atoms with Crippen LogP contribution in [0.5, 0.6) is 0 Å². The van der Waals surface area contributed by atoms with Crippen molar-refractivity contribution >= 4 is 42.3 Å². The molecule has 3 aromatic rings. The molecule has 40 heavy (non-hydrogen) atoms. The van der Waals surface area contributed by atoms with E-state index in [2.05, 4.69) is 22.8 Å². The molecule has 10 heteroatoms. The highest BCUT2D eigenvalue weighted by molar-refractivity contribution is 5.87. The van der Waals surface area contributed by atoms with Crippen molar-refractivity contribution in [2.75, 3.05) is 45.1 Å². The molecule has 3 aromatic carbocycles. The minimum Gasteiger partial charge on any atom is -0.376 e. The van der Waals surface area contributed by atoms with E-state index in [9.17, 15) is 14.0 Å². The Balaban J connectivity index is 0.00000280. The predicted molar refractivity (Wildman–Crippen MR) is 163 cm³/mol. The third-order valence-electron chi connectivity index (χ3n) is 6.93. The van der Waals surface area contributed by atoms with Crippen LogP contribution in [0.4, 0.5) is 10.1 Å². The van der Waals surface area contributed by atoms with Crippen LogP contribution in [0.3, 0.4) is 0 Å². The summed E-state index contributed by atoms with van der Waals surface area (Å²) in [5.74, 6) is -0.532. The molecular formula is C30H38Cl2FN5O2. The van der Waals surface area contributed by atoms with Gasteiger partial charge < -0.3 is 15.5 Å². The Labute approximate surface area is 248 Å². The summed E-state index contributed by atoms with van der Waals surface area (Å²) in [6.45, 7) is 7.27. The van der Waals surface area contributed by atoms with E-state index in [1.165, 1.54) is 23.3 Å². The summed E-state index contributed by atoms with van der Waals surface area (Å²) in [6.07, 6.45) is 0. The highest BCUT2D eigenvalue weighted by atomic mass is 35.5. The van der Waals surface area contributed by atoms with E-state index in [-0.39, 0.29) is 55.5 Å². The molecule has 0 aromatic heterocycles. The van der Waals surface area contributed by atoms with Gasteiger partial charge in [0.05, 0.1) is 6.54 Å². The van der Waals surface area contributed by atoms with E-state index in [1.807, 2.05) is 49.2 Å². The van der Waals surface area contributed by atoms with E-state index in [0.717, 1.165) is 28.9 Å². The zero-order chi connectivity index (χ0) is 27.1. The van der Waals surface area contributed by atoms with E-state index < -0.39 is 0 Å². The van der Waals surface area contributed by atoms with E-state index >= 15 is 0 Å². The number of carbonyl (C=O) groups is 2. The Morgan fingerprint density at radius 2 is 1.55 bits per heavy atom. The van der Waals surface area contributed by atoms with Crippen molar-refractivity contribution in [2.45, 2.75) is 26.9 Å². The van der Waals surface area contributed by atoms with Crippen LogP contribution in [-0.4, -0.2) is 66.5 Å². The first-order valence-corrected chi connectivity index (χ1v) is 13.0. The number of carbonyl (C=O) groups excluding carboxylic acids is 2. The standard InChI is InChI=1S/C30H36FN5O2.2ClH/c1-4-32-15-16-35(21-30(38)34(3)36-19-25-7-5-6-8-26(25)20-36)29(37)18-33-28-14-11-24(17-22(28)2)23-9-12-27(31)13-10-23;;/h5-14,17,32-33H,4,15-16,18-21H2,1-3H3;2*1H. The first-order chi connectivity index (χ1) is 18.4. The maximum Gasteiger partial charge on any atom is 0.256 e. The SMILES string of the molecule is CCNCCN(CC(=O)N(C)N1Cc2ccccc2C1)C(=O)CNc1ccc(-c2ccc(F)cc2)cc1C.Cl.Cl. The van der Waals surface area contributed by atoms with Gasteiger partial charge in [-0.3, -0.25) is 14.6 Å². The Hall–Kier alpha value is -3.17. The Morgan fingerprint density at radius 1 is 0.925 bits per heavy atom. The number of fused-ring (bicyclic) bond motifs is 1. The number of nitrogens with one attached hydrogen (secondary N) is 2. The third kappa shape index (κ3) is 8.41. The lowest BCUT2D eigenvalue weighted by Crippen LogP contribution is -2.49. The second-order valence-electron chi connectivity index (χ2n) is 9.57. The summed E-state index contributed by atoms with van der Waals surface area (Å²) in [5, 5.41) is 10.1. The summed E-state index contributed by atoms with van der Waals surface area (Å²) >= 11 is 0. The maximum atomic E-state index is 13.3. The number of hydrazine groups is 1. The van der Waals surface area contributed by atoms with Gasteiger partial charge in [0.25, 0.3) is 5.91 Å². The molecule has 0 spiro atoms. The molecule has 4 rings (SSSR count). The van der Waals surface area contributed by atoms with Gasteiger partial charge in [0, 0.05) is 38.9 Å². The van der Waals surface area contributed by atoms with Crippen LogP contribution in [0.2, 0.25) is 0 Å². The molecule has 216 valence electrons. The number of aryl methyl sites for hydroxylation is 1. The number of anilines is 1. The topological polar surface area (TPSA) is 67.9 Å². The molecular weight excluding hydrogens is 552 g/mol. The molecule has 2 N–H and O–H groups in total. The number of halogens is 3. The van der Waals surface area contributed by atoms with Crippen molar-refractivity contribution in [3.05, 3.63) is 89.2 Å². The number of hydrogen-bond donors (Lipinski definition) is 2. The van der Waals surface area contributed by atoms with Gasteiger partial charge >= 0.3 is 0 Å². The highest BCUT2D eigenvalue weighted by Gasteiger charge is 2.27. The smallest absolute Gasteiger partial charge is 0.256 e. The lowest BCUT2D eigenvalue weighted by molar-refractivity contribution is -0.151. The molecule has 0 unspecified atom stereocenters. The molecule has 0 saturated heterocycles. The van der Waals surface area contributed by atoms with Gasteiger partial charge in [0.2, 0.25) is 5.91 Å². The number of hydrogen-bond acceptors (Lipinski definition) is 5. The normalized spacial score (nSPS) is 12.1. The summed E-state index contributed by atoms with van der Waals surface area (Å²) in [7, 11) is 1.77. The van der Waals surface area contributed by atoms with Crippen LogP contribution in [0.25, 0.3) is 11.1 Å². The van der Waals surface area contributed by atoms with Crippen LogP contribution in [-0.2, 0) is 22.7 Å². The average Bonchev–Trinajstić information content (AvgIpc) is 3.36. The minimum absolute atomic E-state index is 0. The van der Waals surface area contributed by atoms with Gasteiger partial charge in [-0.15, -0.1) is 24.8 Å². The Morgan fingerprint density at radius 3 is 2.15 bits per heavy atom. The van der Waals surface area contributed by atoms with E-state index in [1.54, 1.807) is 29.1 Å². The molecule has 1 aliphatic heterocycles. The van der Waals surface area contributed by atoms with Crippen molar-refractivity contribution in [3.63, 3.8) is 0 Å². The molecule has 1 heterocycles. The zero-order valence-corrected chi connectivity index (χ0v) is 24.8. The van der Waals surface area contributed by atoms with Crippen molar-refractivity contribution < 1.29 is 14.0 Å². The Kier molecular flexibility index (Phi) is 12.9. The number of rotatable bonds is 11. The zero-order valence-electron chi connectivity index (χ0n) is 23.2. The fourth-order valence-corrected chi connectivity index (χ4v) is 4.60. The van der Waals surface area contributed by atoms with Gasteiger partial charge in [-0.2, -0.15) is 0 Å². The first kappa shape index (κ1) is 33.0. The highest BCUT2D eigenvalue weighted by Crippen LogP contribution is 2.25. The lowest BCUT2D eigenvalue weighted by Gasteiger charge is -2.31. The van der Waals surface area contributed by atoms with Gasteiger partial charge in [0.1, 0.15) is 12.4 Å². The number of amides is 2. The first-order valence-electron chi connectivity index (χ1n) is 13.0. The van der Waals surface area contributed by atoms with Crippen molar-refractivity contribution in [2.24, 2.45) is 0 Å². The van der Waals surface area contributed by atoms with Crippen LogP contribution >= 0.6 is 24.8 Å². The number of likely N-dealkylation sites (N-methyl/N-ethyl adjacent to an activating group) is 2. The van der Waals surface area contributed by atoms with Crippen molar-refractivity contribution in [1.82, 2.24) is 20.2 Å². The van der Waals surface area contributed by atoms with Crippen LogP contribution in [0.1, 0.15) is 23.6 Å². The molecule has 0 atom stereocenters. The quantitative estimate of drug-likeness (QED) is 0.312. The fraction of sp³-hybridized carbons (Fsp3) is 0.333. The lowest BCUT2D eigenvalue weighted by atomic mass is 10.0. The summed E-state index contributed by atoms with van der Waals surface area (Å²) in [4.78, 5) is 28.0. The molecule has 2 amide bonds.